The molecule has 0 aliphatic heterocycles. The van der Waals surface area contributed by atoms with E-state index >= 15 is 0 Å². The van der Waals surface area contributed by atoms with Gasteiger partial charge in [-0.2, -0.15) is 0 Å². The molecule has 1 aromatic heterocycles. The fraction of sp³-hybridized carbons (Fsp3) is 0. The number of aromatic carboxylic acids is 1. The van der Waals surface area contributed by atoms with E-state index in [1.54, 1.807) is 0 Å². The fourth-order valence-corrected chi connectivity index (χ4v) is 1.50. The minimum absolute atomic E-state index is 0.0378. The molecule has 1 amide bonds. The Bertz CT molecular complexity index is 717. The highest BCUT2D eigenvalue weighted by Crippen LogP contribution is 2.20. The topological polar surface area (TPSA) is 96.6 Å². The van der Waals surface area contributed by atoms with Crippen LogP contribution in [0.2, 0.25) is 0 Å². The molecule has 0 unspecified atom stereocenters. The van der Waals surface area contributed by atoms with E-state index in [4.69, 9.17) is 5.11 Å². The molecular weight excluding hydrogens is 269 g/mol. The monoisotopic (exact) mass is 277 g/mol. The van der Waals surface area contributed by atoms with E-state index in [-0.39, 0.29) is 11.1 Å². The zero-order chi connectivity index (χ0) is 14.7. The molecule has 2 rings (SSSR count). The van der Waals surface area contributed by atoms with Gasteiger partial charge in [-0.25, -0.2) is 14.0 Å². The van der Waals surface area contributed by atoms with E-state index < -0.39 is 29.0 Å². The van der Waals surface area contributed by atoms with Gasteiger partial charge < -0.3 is 14.8 Å². The van der Waals surface area contributed by atoms with Crippen LogP contribution in [0.4, 0.5) is 10.1 Å². The SMILES string of the molecule is O=C(Nc1c(F)cccc1C(=O)O)c1ccc(=O)oc1. The first-order chi connectivity index (χ1) is 9.49. The third-order valence-corrected chi connectivity index (χ3v) is 2.45. The molecule has 0 bridgehead atoms. The number of anilines is 1. The van der Waals surface area contributed by atoms with E-state index in [9.17, 15) is 18.8 Å². The molecule has 0 aliphatic carbocycles. The van der Waals surface area contributed by atoms with Crippen LogP contribution in [0.25, 0.3) is 0 Å². The van der Waals surface area contributed by atoms with Crippen molar-refractivity contribution in [1.82, 2.24) is 0 Å². The number of carbonyl (C=O) groups excluding carboxylic acids is 1. The molecule has 0 atom stereocenters. The standard InChI is InChI=1S/C13H8FNO5/c14-9-3-1-2-8(13(18)19)11(9)15-12(17)7-4-5-10(16)20-6-7/h1-6H,(H,15,17)(H,18,19). The summed E-state index contributed by atoms with van der Waals surface area (Å²) in [6.07, 6.45) is 0.902. The average Bonchev–Trinajstić information content (AvgIpc) is 2.41. The number of hydrogen-bond donors (Lipinski definition) is 2. The number of nitrogens with one attached hydrogen (secondary N) is 1. The van der Waals surface area contributed by atoms with Gasteiger partial charge in [0.15, 0.2) is 0 Å². The normalized spacial score (nSPS) is 10.1. The first-order valence-corrected chi connectivity index (χ1v) is 5.41. The number of para-hydroxylation sites is 1. The lowest BCUT2D eigenvalue weighted by atomic mass is 10.1. The number of rotatable bonds is 3. The lowest BCUT2D eigenvalue weighted by Gasteiger charge is -2.09. The maximum atomic E-state index is 13.6. The Morgan fingerprint density at radius 3 is 2.55 bits per heavy atom. The summed E-state index contributed by atoms with van der Waals surface area (Å²) in [4.78, 5) is 33.5. The maximum absolute atomic E-state index is 13.6. The van der Waals surface area contributed by atoms with Gasteiger partial charge in [0.1, 0.15) is 12.1 Å². The zero-order valence-electron chi connectivity index (χ0n) is 9.92. The van der Waals surface area contributed by atoms with Gasteiger partial charge in [-0.1, -0.05) is 6.07 Å². The number of amides is 1. The van der Waals surface area contributed by atoms with Crippen LogP contribution in [0, 0.1) is 5.82 Å². The molecular formula is C13H8FNO5. The lowest BCUT2D eigenvalue weighted by Crippen LogP contribution is -2.16. The van der Waals surface area contributed by atoms with Crippen LogP contribution in [0.3, 0.4) is 0 Å². The second-order valence-corrected chi connectivity index (χ2v) is 3.77. The average molecular weight is 277 g/mol. The van der Waals surface area contributed by atoms with Crippen LogP contribution in [0.5, 0.6) is 0 Å². The smallest absolute Gasteiger partial charge is 0.337 e. The van der Waals surface area contributed by atoms with Crippen molar-refractivity contribution in [3.8, 4) is 0 Å². The van der Waals surface area contributed by atoms with E-state index in [0.717, 1.165) is 24.5 Å². The molecule has 0 saturated carbocycles. The summed E-state index contributed by atoms with van der Waals surface area (Å²) in [6, 6.07) is 5.60. The first-order valence-electron chi connectivity index (χ1n) is 5.41. The minimum Gasteiger partial charge on any atom is -0.478 e. The van der Waals surface area contributed by atoms with Gasteiger partial charge in [0.2, 0.25) is 0 Å². The van der Waals surface area contributed by atoms with Crippen molar-refractivity contribution < 1.29 is 23.5 Å². The van der Waals surface area contributed by atoms with Crippen LogP contribution < -0.4 is 10.9 Å². The lowest BCUT2D eigenvalue weighted by molar-refractivity contribution is 0.0697. The van der Waals surface area contributed by atoms with E-state index in [1.807, 2.05) is 0 Å². The number of benzene rings is 1. The van der Waals surface area contributed by atoms with Crippen LogP contribution in [0.1, 0.15) is 20.7 Å². The van der Waals surface area contributed by atoms with Crippen molar-refractivity contribution in [2.24, 2.45) is 0 Å². The summed E-state index contributed by atoms with van der Waals surface area (Å²) in [7, 11) is 0. The Balaban J connectivity index is 2.35. The molecule has 0 fully saturated rings. The summed E-state index contributed by atoms with van der Waals surface area (Å²) < 4.78 is 18.1. The number of carboxylic acids is 1. The highest BCUT2D eigenvalue weighted by molar-refractivity contribution is 6.07. The molecule has 102 valence electrons. The maximum Gasteiger partial charge on any atom is 0.337 e. The Morgan fingerprint density at radius 2 is 1.95 bits per heavy atom. The molecule has 2 aromatic rings. The highest BCUT2D eigenvalue weighted by atomic mass is 19.1. The summed E-state index contributed by atoms with van der Waals surface area (Å²) in [5.74, 6) is -3.05. The predicted molar refractivity (Wildman–Crippen MR) is 66.3 cm³/mol. The summed E-state index contributed by atoms with van der Waals surface area (Å²) >= 11 is 0. The Kier molecular flexibility index (Phi) is 3.60. The van der Waals surface area contributed by atoms with Gasteiger partial charge >= 0.3 is 11.6 Å². The number of carboxylic acid groups (broad SMARTS) is 1. The van der Waals surface area contributed by atoms with E-state index in [1.165, 1.54) is 12.1 Å². The van der Waals surface area contributed by atoms with E-state index in [2.05, 4.69) is 9.73 Å². The molecule has 0 radical (unpaired) electrons. The molecule has 0 saturated heterocycles. The molecule has 2 N–H and O–H groups in total. The van der Waals surface area contributed by atoms with Gasteiger partial charge in [0, 0.05) is 6.07 Å². The Labute approximate surface area is 111 Å². The van der Waals surface area contributed by atoms with Crippen molar-refractivity contribution in [2.45, 2.75) is 0 Å². The van der Waals surface area contributed by atoms with Gasteiger partial charge in [0.25, 0.3) is 5.91 Å². The van der Waals surface area contributed by atoms with Crippen molar-refractivity contribution in [3.05, 3.63) is 64.0 Å². The second kappa shape index (κ2) is 5.35. The third kappa shape index (κ3) is 2.72. The molecule has 20 heavy (non-hydrogen) atoms. The predicted octanol–water partition coefficient (Wildman–Crippen LogP) is 1.73. The Morgan fingerprint density at radius 1 is 1.20 bits per heavy atom. The first kappa shape index (κ1) is 13.5. The van der Waals surface area contributed by atoms with Gasteiger partial charge in [-0.15, -0.1) is 0 Å². The molecule has 0 aliphatic rings. The van der Waals surface area contributed by atoms with Crippen molar-refractivity contribution in [3.63, 3.8) is 0 Å². The minimum atomic E-state index is -1.38. The molecule has 7 heteroatoms. The number of hydrogen-bond acceptors (Lipinski definition) is 4. The van der Waals surface area contributed by atoms with Gasteiger partial charge in [0.05, 0.1) is 16.8 Å². The zero-order valence-corrected chi connectivity index (χ0v) is 9.92. The largest absolute Gasteiger partial charge is 0.478 e. The molecule has 1 aromatic carbocycles. The Hall–Kier alpha value is -2.96. The quantitative estimate of drug-likeness (QED) is 0.890. The van der Waals surface area contributed by atoms with Crippen LogP contribution >= 0.6 is 0 Å². The van der Waals surface area contributed by atoms with Crippen molar-refractivity contribution >= 4 is 17.6 Å². The number of halogens is 1. The van der Waals surface area contributed by atoms with Crippen molar-refractivity contribution in [2.75, 3.05) is 5.32 Å². The molecule has 1 heterocycles. The fourth-order valence-electron chi connectivity index (χ4n) is 1.50. The van der Waals surface area contributed by atoms with Crippen LogP contribution in [0.15, 0.2) is 45.8 Å². The van der Waals surface area contributed by atoms with E-state index in [0.29, 0.717) is 0 Å². The van der Waals surface area contributed by atoms with Gasteiger partial charge in [-0.3, -0.25) is 4.79 Å². The highest BCUT2D eigenvalue weighted by Gasteiger charge is 2.17. The third-order valence-electron chi connectivity index (χ3n) is 2.45. The summed E-state index contributed by atoms with van der Waals surface area (Å²) in [5, 5.41) is 11.1. The van der Waals surface area contributed by atoms with Crippen LogP contribution in [-0.2, 0) is 0 Å². The van der Waals surface area contributed by atoms with Gasteiger partial charge in [-0.05, 0) is 18.2 Å². The molecule has 0 spiro atoms. The second-order valence-electron chi connectivity index (χ2n) is 3.77. The summed E-state index contributed by atoms with van der Waals surface area (Å²) in [5.41, 5.74) is -1.50. The number of carbonyl (C=O) groups is 2. The summed E-state index contributed by atoms with van der Waals surface area (Å²) in [6.45, 7) is 0. The van der Waals surface area contributed by atoms with Crippen LogP contribution in [-0.4, -0.2) is 17.0 Å². The van der Waals surface area contributed by atoms with Crippen molar-refractivity contribution in [1.29, 1.82) is 0 Å². The molecule has 6 nitrogen and oxygen atoms in total.